The summed E-state index contributed by atoms with van der Waals surface area (Å²) in [6, 6.07) is 4.05. The number of carbonyl (C=O) groups is 1. The van der Waals surface area contributed by atoms with Crippen molar-refractivity contribution in [1.29, 1.82) is 0 Å². The van der Waals surface area contributed by atoms with Crippen molar-refractivity contribution in [3.8, 4) is 0 Å². The first-order valence-corrected chi connectivity index (χ1v) is 7.08. The highest BCUT2D eigenvalue weighted by atomic mass is 19.2. The number of amides is 1. The topological polar surface area (TPSA) is 32.3 Å². The Morgan fingerprint density at radius 1 is 1.30 bits per heavy atom. The van der Waals surface area contributed by atoms with Crippen LogP contribution < -0.4 is 5.32 Å². The molecule has 2 aliphatic heterocycles. The average Bonchev–Trinajstić information content (AvgIpc) is 2.87. The maximum atomic E-state index is 13.1. The normalized spacial score (nSPS) is 25.6. The van der Waals surface area contributed by atoms with Crippen LogP contribution in [0.25, 0.3) is 0 Å². The fourth-order valence-electron chi connectivity index (χ4n) is 3.19. The predicted octanol–water partition coefficient (Wildman–Crippen LogP) is 1.72. The minimum atomic E-state index is -0.896. The second-order valence-corrected chi connectivity index (χ2v) is 5.69. The summed E-state index contributed by atoms with van der Waals surface area (Å²) in [5.41, 5.74) is 0.525. The van der Waals surface area contributed by atoms with Gasteiger partial charge in [0, 0.05) is 19.1 Å². The lowest BCUT2D eigenvalue weighted by Crippen LogP contribution is -2.41. The third-order valence-electron chi connectivity index (χ3n) is 4.29. The summed E-state index contributed by atoms with van der Waals surface area (Å²) in [6.07, 6.45) is 2.45. The zero-order valence-corrected chi connectivity index (χ0v) is 11.2. The number of carbonyl (C=O) groups excluding carboxylic acids is 1. The number of hydrogen-bond acceptors (Lipinski definition) is 2. The van der Waals surface area contributed by atoms with Crippen LogP contribution in [0.4, 0.5) is 8.78 Å². The lowest BCUT2D eigenvalue weighted by Gasteiger charge is -2.24. The zero-order valence-electron chi connectivity index (χ0n) is 11.2. The van der Waals surface area contributed by atoms with Gasteiger partial charge in [0.05, 0.1) is 6.42 Å². The van der Waals surface area contributed by atoms with E-state index in [0.717, 1.165) is 44.6 Å². The number of fused-ring (bicyclic) bond motifs is 1. The first-order valence-electron chi connectivity index (χ1n) is 7.08. The Bertz CT molecular complexity index is 507. The van der Waals surface area contributed by atoms with Crippen LogP contribution >= 0.6 is 0 Å². The van der Waals surface area contributed by atoms with Gasteiger partial charge in [-0.1, -0.05) is 6.07 Å². The maximum absolute atomic E-state index is 13.1. The van der Waals surface area contributed by atoms with Gasteiger partial charge >= 0.3 is 0 Å². The standard InChI is InChI=1S/C15H18F2N2O/c16-12-4-3-10(6-13(12)17)7-15(20)19-8-11-2-1-5-18-14(11)9-19/h3-4,6,11,14,18H,1-2,5,7-9H2. The van der Waals surface area contributed by atoms with E-state index in [9.17, 15) is 13.6 Å². The number of nitrogens with one attached hydrogen (secondary N) is 1. The van der Waals surface area contributed by atoms with Gasteiger partial charge < -0.3 is 10.2 Å². The van der Waals surface area contributed by atoms with Crippen LogP contribution in [-0.2, 0) is 11.2 Å². The monoisotopic (exact) mass is 280 g/mol. The molecule has 1 aromatic carbocycles. The Morgan fingerprint density at radius 2 is 2.15 bits per heavy atom. The van der Waals surface area contributed by atoms with Crippen molar-refractivity contribution in [1.82, 2.24) is 10.2 Å². The zero-order chi connectivity index (χ0) is 14.1. The summed E-state index contributed by atoms with van der Waals surface area (Å²) in [4.78, 5) is 14.1. The van der Waals surface area contributed by atoms with Crippen molar-refractivity contribution in [3.63, 3.8) is 0 Å². The first-order chi connectivity index (χ1) is 9.63. The number of benzene rings is 1. The van der Waals surface area contributed by atoms with E-state index in [-0.39, 0.29) is 12.3 Å². The summed E-state index contributed by atoms with van der Waals surface area (Å²) < 4.78 is 26.0. The van der Waals surface area contributed by atoms with E-state index in [1.165, 1.54) is 6.07 Å². The van der Waals surface area contributed by atoms with Gasteiger partial charge in [-0.15, -0.1) is 0 Å². The molecule has 0 radical (unpaired) electrons. The van der Waals surface area contributed by atoms with Crippen LogP contribution in [0.1, 0.15) is 18.4 Å². The molecule has 0 bridgehead atoms. The number of likely N-dealkylation sites (tertiary alicyclic amines) is 1. The smallest absolute Gasteiger partial charge is 0.227 e. The van der Waals surface area contributed by atoms with Crippen molar-refractivity contribution in [3.05, 3.63) is 35.4 Å². The molecule has 0 spiro atoms. The van der Waals surface area contributed by atoms with E-state index < -0.39 is 11.6 Å². The van der Waals surface area contributed by atoms with Gasteiger partial charge in [0.15, 0.2) is 11.6 Å². The number of rotatable bonds is 2. The molecule has 2 saturated heterocycles. The Morgan fingerprint density at radius 3 is 2.90 bits per heavy atom. The molecule has 2 atom stereocenters. The molecule has 0 saturated carbocycles. The van der Waals surface area contributed by atoms with Crippen molar-refractivity contribution in [2.45, 2.75) is 25.3 Å². The van der Waals surface area contributed by atoms with Crippen molar-refractivity contribution >= 4 is 5.91 Å². The molecule has 2 unspecified atom stereocenters. The molecule has 0 aromatic heterocycles. The minimum Gasteiger partial charge on any atom is -0.341 e. The van der Waals surface area contributed by atoms with Gasteiger partial charge in [-0.3, -0.25) is 4.79 Å². The number of piperidine rings is 1. The number of halogens is 2. The molecule has 1 amide bonds. The van der Waals surface area contributed by atoms with E-state index >= 15 is 0 Å². The van der Waals surface area contributed by atoms with Crippen LogP contribution in [0.5, 0.6) is 0 Å². The molecule has 5 heteroatoms. The molecule has 1 aromatic rings. The number of nitrogens with zero attached hydrogens (tertiary/aromatic N) is 1. The fourth-order valence-corrected chi connectivity index (χ4v) is 3.19. The van der Waals surface area contributed by atoms with E-state index in [1.807, 2.05) is 4.90 Å². The average molecular weight is 280 g/mol. The number of hydrogen-bond donors (Lipinski definition) is 1. The molecule has 2 fully saturated rings. The van der Waals surface area contributed by atoms with Crippen molar-refractivity contribution < 1.29 is 13.6 Å². The summed E-state index contributed by atoms with van der Waals surface area (Å²) >= 11 is 0. The Balaban J connectivity index is 1.63. The Labute approximate surface area is 117 Å². The van der Waals surface area contributed by atoms with E-state index in [1.54, 1.807) is 0 Å². The van der Waals surface area contributed by atoms with E-state index in [0.29, 0.717) is 17.5 Å². The molecule has 2 aliphatic rings. The summed E-state index contributed by atoms with van der Waals surface area (Å²) in [7, 11) is 0. The summed E-state index contributed by atoms with van der Waals surface area (Å²) in [5, 5.41) is 3.44. The highest BCUT2D eigenvalue weighted by Gasteiger charge is 2.36. The van der Waals surface area contributed by atoms with Crippen molar-refractivity contribution in [2.24, 2.45) is 5.92 Å². The molecule has 1 N–H and O–H groups in total. The highest BCUT2D eigenvalue weighted by Crippen LogP contribution is 2.25. The van der Waals surface area contributed by atoms with E-state index in [4.69, 9.17) is 0 Å². The van der Waals surface area contributed by atoms with Crippen LogP contribution in [0.2, 0.25) is 0 Å². The van der Waals surface area contributed by atoms with E-state index in [2.05, 4.69) is 5.32 Å². The van der Waals surface area contributed by atoms with Gasteiger partial charge in [-0.05, 0) is 43.0 Å². The van der Waals surface area contributed by atoms with Crippen molar-refractivity contribution in [2.75, 3.05) is 19.6 Å². The first kappa shape index (κ1) is 13.5. The van der Waals surface area contributed by atoms with Crippen LogP contribution in [0.3, 0.4) is 0 Å². The Hall–Kier alpha value is -1.49. The molecule has 2 heterocycles. The third kappa shape index (κ3) is 2.68. The SMILES string of the molecule is O=C(Cc1ccc(F)c(F)c1)N1CC2CCCNC2C1. The molecule has 3 rings (SSSR count). The molecule has 0 aliphatic carbocycles. The van der Waals surface area contributed by atoms with Gasteiger partial charge in [0.2, 0.25) is 5.91 Å². The largest absolute Gasteiger partial charge is 0.341 e. The lowest BCUT2D eigenvalue weighted by atomic mass is 9.94. The molecular formula is C15H18F2N2O. The Kier molecular flexibility index (Phi) is 3.70. The van der Waals surface area contributed by atoms with Crippen LogP contribution in [0, 0.1) is 17.6 Å². The van der Waals surface area contributed by atoms with Crippen LogP contribution in [-0.4, -0.2) is 36.5 Å². The predicted molar refractivity (Wildman–Crippen MR) is 71.2 cm³/mol. The third-order valence-corrected chi connectivity index (χ3v) is 4.29. The molecule has 108 valence electrons. The second kappa shape index (κ2) is 5.48. The van der Waals surface area contributed by atoms with Gasteiger partial charge in [0.25, 0.3) is 0 Å². The van der Waals surface area contributed by atoms with Gasteiger partial charge in [-0.25, -0.2) is 8.78 Å². The second-order valence-electron chi connectivity index (χ2n) is 5.69. The fraction of sp³-hybridized carbons (Fsp3) is 0.533. The molecule has 3 nitrogen and oxygen atoms in total. The summed E-state index contributed by atoms with van der Waals surface area (Å²) in [6.45, 7) is 2.53. The van der Waals surface area contributed by atoms with Gasteiger partial charge in [0.1, 0.15) is 0 Å². The minimum absolute atomic E-state index is 0.00721. The van der Waals surface area contributed by atoms with Gasteiger partial charge in [-0.2, -0.15) is 0 Å². The molecule has 20 heavy (non-hydrogen) atoms. The lowest BCUT2D eigenvalue weighted by molar-refractivity contribution is -0.129. The summed E-state index contributed by atoms with van der Waals surface area (Å²) in [5.74, 6) is -1.24. The highest BCUT2D eigenvalue weighted by molar-refractivity contribution is 5.79. The maximum Gasteiger partial charge on any atom is 0.227 e. The quantitative estimate of drug-likeness (QED) is 0.894. The van der Waals surface area contributed by atoms with Crippen LogP contribution in [0.15, 0.2) is 18.2 Å². The molecular weight excluding hydrogens is 262 g/mol.